The molecule has 1 aliphatic rings. The number of carbonyl (C=O) groups excluding carboxylic acids is 1. The molecule has 0 amide bonds. The Morgan fingerprint density at radius 1 is 1.03 bits per heavy atom. The van der Waals surface area contributed by atoms with E-state index in [0.717, 1.165) is 18.4 Å². The second-order valence-electron chi connectivity index (χ2n) is 11.8. The van der Waals surface area contributed by atoms with Crippen LogP contribution in [0.5, 0.6) is 0 Å². The number of unbranched alkanes of at least 4 members (excludes halogenated alkanes) is 4. The van der Waals surface area contributed by atoms with Crippen molar-refractivity contribution in [3.05, 3.63) is 16.5 Å². The zero-order valence-electron chi connectivity index (χ0n) is 23.1. The van der Waals surface area contributed by atoms with Crippen LogP contribution < -0.4 is 2.89 Å². The van der Waals surface area contributed by atoms with E-state index in [9.17, 15) is 4.79 Å². The van der Waals surface area contributed by atoms with Crippen LogP contribution in [0.4, 0.5) is 0 Å². The molecule has 1 aromatic heterocycles. The van der Waals surface area contributed by atoms with E-state index in [1.165, 1.54) is 63.1 Å². The SMILES string of the molecule is CCCC[CH2][Sn]([CH2]CCC)([CH2]CCC)[c]1cc2c(s1)CCC(C)(CO[Si](C)(C)C(C)C)C2=O. The van der Waals surface area contributed by atoms with E-state index in [1.54, 1.807) is 2.89 Å². The third-order valence-corrected chi connectivity index (χ3v) is 31.5. The number of hydrogen-bond acceptors (Lipinski definition) is 3. The molecule has 2 nitrogen and oxygen atoms in total. The maximum absolute atomic E-state index is 13.8. The zero-order chi connectivity index (χ0) is 24.7. The quantitative estimate of drug-likeness (QED) is 0.149. The van der Waals surface area contributed by atoms with Gasteiger partial charge in [0, 0.05) is 0 Å². The van der Waals surface area contributed by atoms with E-state index in [2.05, 4.69) is 72.0 Å². The molecule has 0 aliphatic heterocycles. The number of carbonyl (C=O) groups is 1. The Morgan fingerprint density at radius 2 is 1.61 bits per heavy atom. The molecule has 0 spiro atoms. The van der Waals surface area contributed by atoms with E-state index < -0.39 is 26.7 Å². The fourth-order valence-electron chi connectivity index (χ4n) is 5.03. The Balaban J connectivity index is 2.34. The molecule has 1 aliphatic carbocycles. The first-order valence-corrected chi connectivity index (χ1v) is 25.2. The average molecular weight is 600 g/mol. The summed E-state index contributed by atoms with van der Waals surface area (Å²) in [4.78, 5) is 15.2. The van der Waals surface area contributed by atoms with Gasteiger partial charge in [-0.1, -0.05) is 0 Å². The van der Waals surface area contributed by atoms with Crippen LogP contribution in [-0.2, 0) is 10.8 Å². The summed E-state index contributed by atoms with van der Waals surface area (Å²) in [5, 5.41) is 0. The van der Waals surface area contributed by atoms with Crippen molar-refractivity contribution in [3.63, 3.8) is 0 Å². The molecule has 1 aromatic rings. The molecular formula is C28H52O2SSiSn. The van der Waals surface area contributed by atoms with Crippen molar-refractivity contribution in [2.24, 2.45) is 5.41 Å². The number of fused-ring (bicyclic) bond motifs is 1. The van der Waals surface area contributed by atoms with Gasteiger partial charge in [-0.2, -0.15) is 0 Å². The topological polar surface area (TPSA) is 26.3 Å². The summed E-state index contributed by atoms with van der Waals surface area (Å²) in [5.74, 6) is 0.375. The number of aryl methyl sites for hydroxylation is 1. The van der Waals surface area contributed by atoms with Crippen molar-refractivity contribution in [2.45, 2.75) is 131 Å². The fourth-order valence-corrected chi connectivity index (χ4v) is 26.2. The van der Waals surface area contributed by atoms with Crippen molar-refractivity contribution >= 4 is 46.7 Å². The van der Waals surface area contributed by atoms with Gasteiger partial charge in [-0.3, -0.25) is 0 Å². The van der Waals surface area contributed by atoms with E-state index in [0.29, 0.717) is 17.9 Å². The summed E-state index contributed by atoms with van der Waals surface area (Å²) in [6.45, 7) is 18.9. The number of rotatable bonds is 15. The van der Waals surface area contributed by atoms with E-state index >= 15 is 0 Å². The van der Waals surface area contributed by atoms with E-state index in [4.69, 9.17) is 4.43 Å². The Bertz CT molecular complexity index is 749. The molecule has 0 radical (unpaired) electrons. The van der Waals surface area contributed by atoms with Crippen LogP contribution in [0.25, 0.3) is 0 Å². The summed E-state index contributed by atoms with van der Waals surface area (Å²) in [6, 6.07) is 2.44. The van der Waals surface area contributed by atoms with Gasteiger partial charge in [0.1, 0.15) is 0 Å². The van der Waals surface area contributed by atoms with Gasteiger partial charge in [0.25, 0.3) is 0 Å². The standard InChI is InChI=1S/C15H23O2SSi.C5H11.2C4H9.Sn/c1-11(2)19(4,5)17-10-15(3)8-6-13-12(14(15)16)7-9-18-13;1-3-5-4-2;2*1-3-4-2;/h7,11H,6,8,10H2,1-5H3;1,3-5H2,2H3;2*1,3-4H2,2H3;. The van der Waals surface area contributed by atoms with Crippen molar-refractivity contribution in [2.75, 3.05) is 6.61 Å². The van der Waals surface area contributed by atoms with Gasteiger partial charge < -0.3 is 0 Å². The second-order valence-corrected chi connectivity index (χ2v) is 31.8. The Morgan fingerprint density at radius 3 is 2.15 bits per heavy atom. The zero-order valence-corrected chi connectivity index (χ0v) is 27.7. The van der Waals surface area contributed by atoms with Crippen LogP contribution in [0.2, 0.25) is 31.9 Å². The van der Waals surface area contributed by atoms with Crippen LogP contribution >= 0.6 is 11.3 Å². The summed E-state index contributed by atoms with van der Waals surface area (Å²) >= 11 is -0.426. The maximum atomic E-state index is 13.8. The predicted octanol–water partition coefficient (Wildman–Crippen LogP) is 8.96. The summed E-state index contributed by atoms with van der Waals surface area (Å²) < 4.78 is 12.7. The molecule has 33 heavy (non-hydrogen) atoms. The molecule has 190 valence electrons. The van der Waals surface area contributed by atoms with Crippen molar-refractivity contribution in [1.29, 1.82) is 0 Å². The van der Waals surface area contributed by atoms with E-state index in [-0.39, 0.29) is 5.41 Å². The molecule has 0 aromatic carbocycles. The molecule has 1 atom stereocenters. The Labute approximate surface area is 214 Å². The van der Waals surface area contributed by atoms with Gasteiger partial charge in [-0.15, -0.1) is 0 Å². The number of thiophene rings is 1. The third kappa shape index (κ3) is 7.42. The molecule has 1 heterocycles. The first-order chi connectivity index (χ1) is 15.5. The van der Waals surface area contributed by atoms with Gasteiger partial charge in [0.15, 0.2) is 0 Å². The summed E-state index contributed by atoms with van der Waals surface area (Å²) in [5.41, 5.74) is 1.30. The molecule has 0 fully saturated rings. The molecular weight excluding hydrogens is 547 g/mol. The van der Waals surface area contributed by atoms with Gasteiger partial charge in [-0.05, 0) is 0 Å². The van der Waals surface area contributed by atoms with Gasteiger partial charge >= 0.3 is 216 Å². The number of ketones is 1. The number of Topliss-reactive ketones (excluding diaryl/α,β-unsaturated/α-hetero) is 1. The fraction of sp³-hybridized carbons (Fsp3) is 0.821. The third-order valence-electron chi connectivity index (χ3n) is 8.46. The molecule has 1 unspecified atom stereocenters. The molecule has 0 saturated heterocycles. The van der Waals surface area contributed by atoms with Crippen molar-refractivity contribution in [1.82, 2.24) is 0 Å². The Kier molecular flexibility index (Phi) is 11.7. The number of hydrogen-bond donors (Lipinski definition) is 0. The van der Waals surface area contributed by atoms with Crippen molar-refractivity contribution < 1.29 is 9.22 Å². The van der Waals surface area contributed by atoms with Crippen LogP contribution in [-0.4, -0.2) is 39.1 Å². The van der Waals surface area contributed by atoms with Crippen LogP contribution in [0.1, 0.15) is 108 Å². The van der Waals surface area contributed by atoms with Gasteiger partial charge in [-0.25, -0.2) is 0 Å². The minimum atomic E-state index is -2.50. The minimum absolute atomic E-state index is 0.349. The van der Waals surface area contributed by atoms with Gasteiger partial charge in [0.2, 0.25) is 0 Å². The molecule has 0 bridgehead atoms. The van der Waals surface area contributed by atoms with Crippen LogP contribution in [0.15, 0.2) is 6.07 Å². The van der Waals surface area contributed by atoms with Crippen molar-refractivity contribution in [3.8, 4) is 0 Å². The molecule has 5 heteroatoms. The average Bonchev–Trinajstić information content (AvgIpc) is 3.22. The van der Waals surface area contributed by atoms with Crippen LogP contribution in [0.3, 0.4) is 0 Å². The second kappa shape index (κ2) is 13.1. The first kappa shape index (κ1) is 29.6. The van der Waals surface area contributed by atoms with Crippen LogP contribution in [0, 0.1) is 5.41 Å². The predicted molar refractivity (Wildman–Crippen MR) is 153 cm³/mol. The normalized spacial score (nSPS) is 19.4. The monoisotopic (exact) mass is 600 g/mol. The molecule has 0 N–H and O–H groups in total. The summed E-state index contributed by atoms with van der Waals surface area (Å²) in [6.07, 6.45) is 11.4. The Hall–Kier alpha value is 0.346. The van der Waals surface area contributed by atoms with E-state index in [1.807, 2.05) is 0 Å². The first-order valence-electron chi connectivity index (χ1n) is 13.9. The molecule has 0 saturated carbocycles. The summed E-state index contributed by atoms with van der Waals surface area (Å²) in [7, 11) is -1.75. The molecule has 2 rings (SSSR count). The van der Waals surface area contributed by atoms with Gasteiger partial charge in [0.05, 0.1) is 0 Å².